The average Bonchev–Trinajstić information content (AvgIpc) is 3.52. The molecule has 5 saturated carbocycles. The summed E-state index contributed by atoms with van der Waals surface area (Å²) in [5, 5.41) is 36.9. The van der Waals surface area contributed by atoms with Crippen molar-refractivity contribution in [2.45, 2.75) is 150 Å². The van der Waals surface area contributed by atoms with Crippen LogP contribution in [0.4, 0.5) is 0 Å². The first-order valence-electron chi connectivity index (χ1n) is 20.3. The summed E-state index contributed by atoms with van der Waals surface area (Å²) in [6.45, 7) is 14.3. The molecule has 0 bridgehead atoms. The number of hydrogen-bond donors (Lipinski definition) is 5. The molecule has 2 amide bonds. The number of aliphatic hydroxyl groups excluding tert-OH is 2. The van der Waals surface area contributed by atoms with E-state index in [1.165, 1.54) is 25.7 Å². The highest BCUT2D eigenvalue weighted by atomic mass is 16.4. The van der Waals surface area contributed by atoms with Crippen molar-refractivity contribution in [2.75, 3.05) is 6.54 Å². The van der Waals surface area contributed by atoms with Gasteiger partial charge < -0.3 is 26.0 Å². The van der Waals surface area contributed by atoms with E-state index in [4.69, 9.17) is 5.11 Å². The normalized spacial score (nSPS) is 38.0. The van der Waals surface area contributed by atoms with Crippen molar-refractivity contribution in [1.29, 1.82) is 0 Å². The summed E-state index contributed by atoms with van der Waals surface area (Å²) in [6, 6.07) is 6.72. The monoisotopic (exact) mass is 706 g/mol. The number of carboxylic acid groups (broad SMARTS) is 1. The van der Waals surface area contributed by atoms with Gasteiger partial charge in [-0.1, -0.05) is 60.1 Å². The molecule has 8 heteroatoms. The first-order chi connectivity index (χ1) is 24.0. The molecular formula is C43H66N2O6. The number of nitrogens with one attached hydrogen (secondary N) is 2. The zero-order chi connectivity index (χ0) is 36.9. The summed E-state index contributed by atoms with van der Waals surface area (Å²) in [4.78, 5) is 38.6. The highest BCUT2D eigenvalue weighted by molar-refractivity contribution is 5.94. The zero-order valence-electron chi connectivity index (χ0n) is 32.2. The Hall–Kier alpha value is -2.45. The van der Waals surface area contributed by atoms with Gasteiger partial charge in [0.15, 0.2) is 0 Å². The molecule has 284 valence electrons. The van der Waals surface area contributed by atoms with Crippen LogP contribution >= 0.6 is 0 Å². The standard InChI is InChI=1S/C43H66N2O6/c1-26(2)23-32(33(46)25-37(48)49)45-38(50)28-10-7-9-27(24-28)17-22-44-39(51)43-18-8-11-31(43)29-12-13-35-41(5,30(29)14-21-43)19-15-34-40(3,4)36(47)16-20-42(34,35)6/h7,9-10,24,26,29-36,46-47H,8,11-23,25H2,1-6H3,(H,44,51)(H,45,50)(H,48,49). The highest BCUT2D eigenvalue weighted by Crippen LogP contribution is 2.73. The molecule has 5 fully saturated rings. The van der Waals surface area contributed by atoms with E-state index < -0.39 is 24.5 Å². The van der Waals surface area contributed by atoms with Gasteiger partial charge in [0.05, 0.1) is 30.1 Å². The van der Waals surface area contributed by atoms with E-state index in [2.05, 4.69) is 38.3 Å². The van der Waals surface area contributed by atoms with Crippen LogP contribution in [0.25, 0.3) is 0 Å². The molecular weight excluding hydrogens is 640 g/mol. The minimum Gasteiger partial charge on any atom is -0.481 e. The van der Waals surface area contributed by atoms with Crippen LogP contribution in [0.2, 0.25) is 0 Å². The van der Waals surface area contributed by atoms with Crippen LogP contribution in [-0.2, 0) is 16.0 Å². The Balaban J connectivity index is 1.08. The molecule has 0 saturated heterocycles. The number of aliphatic hydroxyl groups is 2. The molecule has 0 aromatic heterocycles. The van der Waals surface area contributed by atoms with Crippen molar-refractivity contribution < 1.29 is 29.7 Å². The van der Waals surface area contributed by atoms with Crippen molar-refractivity contribution in [3.8, 4) is 0 Å². The Morgan fingerprint density at radius 1 is 0.882 bits per heavy atom. The Bertz CT molecular complexity index is 1460. The lowest BCUT2D eigenvalue weighted by Gasteiger charge is -2.69. The van der Waals surface area contributed by atoms with Gasteiger partial charge in [-0.05, 0) is 146 Å². The molecule has 1 aromatic carbocycles. The maximum atomic E-state index is 14.2. The van der Waals surface area contributed by atoms with E-state index in [9.17, 15) is 24.6 Å². The van der Waals surface area contributed by atoms with Gasteiger partial charge in [0.1, 0.15) is 0 Å². The summed E-state index contributed by atoms with van der Waals surface area (Å²) < 4.78 is 0. The van der Waals surface area contributed by atoms with Crippen LogP contribution in [0, 0.1) is 57.2 Å². The molecule has 0 heterocycles. The van der Waals surface area contributed by atoms with Gasteiger partial charge >= 0.3 is 5.97 Å². The fourth-order valence-corrected chi connectivity index (χ4v) is 13.4. The van der Waals surface area contributed by atoms with Crippen molar-refractivity contribution in [3.63, 3.8) is 0 Å². The molecule has 11 atom stereocenters. The van der Waals surface area contributed by atoms with Gasteiger partial charge in [-0.15, -0.1) is 0 Å². The van der Waals surface area contributed by atoms with E-state index in [0.29, 0.717) is 60.0 Å². The number of benzene rings is 1. The van der Waals surface area contributed by atoms with Gasteiger partial charge in [0, 0.05) is 12.1 Å². The fraction of sp³-hybridized carbons (Fsp3) is 0.791. The number of fused-ring (bicyclic) bond motifs is 7. The third-order valence-corrected chi connectivity index (χ3v) is 15.7. The number of rotatable bonds is 11. The summed E-state index contributed by atoms with van der Waals surface area (Å²) in [5.41, 5.74) is 1.69. The van der Waals surface area contributed by atoms with Crippen LogP contribution in [0.5, 0.6) is 0 Å². The Morgan fingerprint density at radius 2 is 1.63 bits per heavy atom. The maximum absolute atomic E-state index is 14.2. The molecule has 5 N–H and O–H groups in total. The van der Waals surface area contributed by atoms with Crippen LogP contribution in [-0.4, -0.2) is 57.9 Å². The molecule has 5 aliphatic rings. The number of carboxylic acids is 1. The minimum atomic E-state index is -1.17. The molecule has 5 aliphatic carbocycles. The highest BCUT2D eigenvalue weighted by Gasteiger charge is 2.67. The molecule has 51 heavy (non-hydrogen) atoms. The van der Waals surface area contributed by atoms with Gasteiger partial charge in [-0.25, -0.2) is 0 Å². The molecule has 0 spiro atoms. The number of carbonyl (C=O) groups excluding carboxylic acids is 2. The zero-order valence-corrected chi connectivity index (χ0v) is 32.2. The van der Waals surface area contributed by atoms with Gasteiger partial charge in [-0.3, -0.25) is 14.4 Å². The van der Waals surface area contributed by atoms with E-state index in [-0.39, 0.29) is 40.1 Å². The molecule has 8 nitrogen and oxygen atoms in total. The predicted octanol–water partition coefficient (Wildman–Crippen LogP) is 7.15. The topological polar surface area (TPSA) is 136 Å². The van der Waals surface area contributed by atoms with Gasteiger partial charge in [-0.2, -0.15) is 0 Å². The van der Waals surface area contributed by atoms with Crippen molar-refractivity contribution in [3.05, 3.63) is 35.4 Å². The van der Waals surface area contributed by atoms with E-state index in [1.807, 2.05) is 32.0 Å². The average molecular weight is 707 g/mol. The molecule has 0 radical (unpaired) electrons. The summed E-state index contributed by atoms with van der Waals surface area (Å²) in [7, 11) is 0. The van der Waals surface area contributed by atoms with Crippen LogP contribution < -0.4 is 10.6 Å². The maximum Gasteiger partial charge on any atom is 0.306 e. The second-order valence-corrected chi connectivity index (χ2v) is 19.2. The lowest BCUT2D eigenvalue weighted by atomic mass is 9.36. The Kier molecular flexibility index (Phi) is 10.8. The lowest BCUT2D eigenvalue weighted by molar-refractivity contribution is -0.214. The molecule has 0 aliphatic heterocycles. The van der Waals surface area contributed by atoms with E-state index in [1.54, 1.807) is 6.07 Å². The van der Waals surface area contributed by atoms with Crippen molar-refractivity contribution in [1.82, 2.24) is 10.6 Å². The first-order valence-corrected chi connectivity index (χ1v) is 20.3. The minimum absolute atomic E-state index is 0.0341. The van der Waals surface area contributed by atoms with E-state index in [0.717, 1.165) is 50.5 Å². The Labute approximate surface area is 306 Å². The molecule has 11 unspecified atom stereocenters. The third-order valence-electron chi connectivity index (χ3n) is 15.7. The summed E-state index contributed by atoms with van der Waals surface area (Å²) >= 11 is 0. The lowest BCUT2D eigenvalue weighted by Crippen LogP contribution is -2.63. The van der Waals surface area contributed by atoms with Crippen LogP contribution in [0.15, 0.2) is 24.3 Å². The van der Waals surface area contributed by atoms with E-state index >= 15 is 0 Å². The number of hydrogen-bond acceptors (Lipinski definition) is 5. The largest absolute Gasteiger partial charge is 0.481 e. The van der Waals surface area contributed by atoms with Gasteiger partial charge in [0.25, 0.3) is 5.91 Å². The third kappa shape index (κ3) is 6.90. The van der Waals surface area contributed by atoms with Crippen LogP contribution in [0.1, 0.15) is 141 Å². The second-order valence-electron chi connectivity index (χ2n) is 19.2. The van der Waals surface area contributed by atoms with Gasteiger partial charge in [0.2, 0.25) is 5.91 Å². The first kappa shape index (κ1) is 38.3. The number of aliphatic carboxylic acids is 1. The summed E-state index contributed by atoms with van der Waals surface area (Å²) in [6.07, 6.45) is 11.7. The quantitative estimate of drug-likeness (QED) is 0.166. The second kappa shape index (κ2) is 14.4. The molecule has 1 aromatic rings. The smallest absolute Gasteiger partial charge is 0.306 e. The number of carbonyl (C=O) groups is 3. The van der Waals surface area contributed by atoms with Crippen molar-refractivity contribution >= 4 is 17.8 Å². The Morgan fingerprint density at radius 3 is 2.35 bits per heavy atom. The predicted molar refractivity (Wildman–Crippen MR) is 199 cm³/mol. The van der Waals surface area contributed by atoms with Crippen molar-refractivity contribution in [2.24, 2.45) is 57.2 Å². The van der Waals surface area contributed by atoms with Crippen LogP contribution in [0.3, 0.4) is 0 Å². The fourth-order valence-electron chi connectivity index (χ4n) is 13.4. The molecule has 6 rings (SSSR count). The SMILES string of the molecule is CC(C)CC(NC(=O)c1cccc(CCNC(=O)C23CCCC2C2CCC4C(C)(CCC5C(C)(C)C(O)CCC54C)C2CC3)c1)C(O)CC(=O)O. The number of amides is 2. The summed E-state index contributed by atoms with van der Waals surface area (Å²) in [5.74, 6) is 1.95.